The monoisotopic (exact) mass is 1000 g/mol. The quantitative estimate of drug-likeness (QED) is 0.122. The van der Waals surface area contributed by atoms with Crippen molar-refractivity contribution < 1.29 is 19.5 Å². The fraction of sp³-hybridized carbons (Fsp3) is 0.723. The van der Waals surface area contributed by atoms with Crippen molar-refractivity contribution in [2.75, 3.05) is 35.2 Å². The molecule has 0 radical (unpaired) electrons. The van der Waals surface area contributed by atoms with E-state index in [0.717, 1.165) is 144 Å². The number of aryl methyl sites for hydroxylation is 2. The summed E-state index contributed by atoms with van der Waals surface area (Å²) >= 11 is 0. The number of aliphatic hydroxyl groups is 1. The molecule has 73 heavy (non-hydrogen) atoms. The van der Waals surface area contributed by atoms with Gasteiger partial charge < -0.3 is 20.6 Å². The van der Waals surface area contributed by atoms with Crippen LogP contribution in [0.5, 0.6) is 0 Å². The molecule has 6 rings (SSSR count). The number of carbonyl (C=O) groups is 3. The number of nitrogens with one attached hydrogen (secondary N) is 2. The molecule has 8 heteroatoms. The van der Waals surface area contributed by atoms with Gasteiger partial charge in [0.05, 0.1) is 27.9 Å². The predicted molar refractivity (Wildman–Crippen MR) is 308 cm³/mol. The molecule has 406 valence electrons. The molecule has 1 aliphatic carbocycles. The van der Waals surface area contributed by atoms with Gasteiger partial charge in [-0.3, -0.25) is 19.4 Å². The van der Waals surface area contributed by atoms with Gasteiger partial charge in [0, 0.05) is 53.5 Å². The summed E-state index contributed by atoms with van der Waals surface area (Å²) in [7, 11) is 0. The fourth-order valence-corrected chi connectivity index (χ4v) is 13.9. The summed E-state index contributed by atoms with van der Waals surface area (Å²) in [5, 5.41) is 21.4. The first kappa shape index (κ1) is 58.3. The molecule has 2 aromatic carbocycles. The standard InChI is InChI=1S/C65H102N4O4/c1-18-19-25-48-54-44(23-20-31-66-54)34-50(55(48)67-60(72)46(42(4)38-64(12,13)14)29-27-40(2)36-62(6,7)8)52-58(70)53(59(52)71)51-35-45-24-21-32-69-33-22-26-49(57(45)69)56(51)68-61(73)47(43(5)39-65(15,16)17)30-28-41(3)37-63(9,10)11/h34-35,40-43,46-47,70H,18-33,36-39H2,1-17H3,(H,67,72)(H,68,73)/b52-50-. The minimum atomic E-state index is -0.240. The van der Waals surface area contributed by atoms with E-state index >= 15 is 14.4 Å². The summed E-state index contributed by atoms with van der Waals surface area (Å²) in [6.45, 7) is 41.3. The number of benzene rings is 2. The molecule has 0 bridgehead atoms. The van der Waals surface area contributed by atoms with E-state index < -0.39 is 0 Å². The summed E-state index contributed by atoms with van der Waals surface area (Å²) in [5.41, 5.74) is 8.50. The molecule has 0 aromatic heterocycles. The van der Waals surface area contributed by atoms with Crippen molar-refractivity contribution in [2.24, 2.45) is 62.2 Å². The van der Waals surface area contributed by atoms with E-state index in [0.29, 0.717) is 40.4 Å². The highest BCUT2D eigenvalue weighted by Gasteiger charge is 2.42. The summed E-state index contributed by atoms with van der Waals surface area (Å²) in [6, 6.07) is 4.18. The molecule has 2 aromatic rings. The highest BCUT2D eigenvalue weighted by Crippen LogP contribution is 2.48. The van der Waals surface area contributed by atoms with Crippen LogP contribution in [0.15, 0.2) is 22.9 Å². The number of carbonyl (C=O) groups excluding carboxylic acids is 3. The van der Waals surface area contributed by atoms with Crippen molar-refractivity contribution in [3.63, 3.8) is 0 Å². The molecular formula is C65H102N4O4. The Bertz CT molecular complexity index is 2480. The number of unbranched alkanes of at least 4 members (excludes halogenated alkanes) is 1. The van der Waals surface area contributed by atoms with E-state index in [-0.39, 0.29) is 79.8 Å². The first-order chi connectivity index (χ1) is 34.0. The lowest BCUT2D eigenvalue weighted by molar-refractivity contribution is -0.122. The average molecular weight is 1000 g/mol. The number of nitrogens with zero attached hydrogens (tertiary/aromatic N) is 2. The number of rotatable bonds is 20. The van der Waals surface area contributed by atoms with Gasteiger partial charge in [-0.2, -0.15) is 0 Å². The Balaban J connectivity index is 1.52. The minimum Gasteiger partial charge on any atom is -0.506 e. The van der Waals surface area contributed by atoms with Gasteiger partial charge in [-0.05, 0) is 177 Å². The maximum Gasteiger partial charge on any atom is 0.227 e. The molecule has 8 nitrogen and oxygen atoms in total. The van der Waals surface area contributed by atoms with Crippen LogP contribution >= 0.6 is 0 Å². The summed E-state index contributed by atoms with van der Waals surface area (Å²) in [6.07, 6.45) is 15.4. The van der Waals surface area contributed by atoms with Gasteiger partial charge in [0.1, 0.15) is 5.76 Å². The van der Waals surface area contributed by atoms with Crippen LogP contribution < -0.4 is 26.1 Å². The normalized spacial score (nSPS) is 19.5. The van der Waals surface area contributed by atoms with Gasteiger partial charge >= 0.3 is 0 Å². The molecule has 4 aliphatic rings. The van der Waals surface area contributed by atoms with Crippen LogP contribution in [0.25, 0.3) is 11.1 Å². The number of hydrogen-bond donors (Lipinski definition) is 3. The lowest BCUT2D eigenvalue weighted by Gasteiger charge is -2.39. The molecular weight excluding hydrogens is 901 g/mol. The molecule has 3 heterocycles. The summed E-state index contributed by atoms with van der Waals surface area (Å²) in [5.74, 6) is 0.454. The van der Waals surface area contributed by atoms with E-state index in [1.807, 2.05) is 0 Å². The topological polar surface area (TPSA) is 111 Å². The summed E-state index contributed by atoms with van der Waals surface area (Å²) < 4.78 is 0. The number of anilines is 3. The second-order valence-electron chi connectivity index (χ2n) is 28.9. The Morgan fingerprint density at radius 2 is 1.16 bits per heavy atom. The highest BCUT2D eigenvalue weighted by atomic mass is 16.3. The number of fused-ring (bicyclic) bond motifs is 1. The van der Waals surface area contributed by atoms with Gasteiger partial charge in [0.2, 0.25) is 17.6 Å². The van der Waals surface area contributed by atoms with E-state index in [9.17, 15) is 5.11 Å². The van der Waals surface area contributed by atoms with Crippen molar-refractivity contribution in [1.82, 2.24) is 0 Å². The van der Waals surface area contributed by atoms with Gasteiger partial charge in [-0.15, -0.1) is 0 Å². The number of Topliss-reactive ketones (excluding diaryl/α,β-unsaturated/α-hetero) is 1. The maximum atomic E-state index is 15.5. The van der Waals surface area contributed by atoms with Gasteiger partial charge in [0.15, 0.2) is 0 Å². The van der Waals surface area contributed by atoms with E-state index in [1.54, 1.807) is 0 Å². The molecule has 6 atom stereocenters. The lowest BCUT2D eigenvalue weighted by Crippen LogP contribution is -2.38. The third-order valence-corrected chi connectivity index (χ3v) is 16.4. The first-order valence-corrected chi connectivity index (χ1v) is 29.2. The highest BCUT2D eigenvalue weighted by molar-refractivity contribution is 6.52. The molecule has 0 fully saturated rings. The van der Waals surface area contributed by atoms with Gasteiger partial charge in [-0.25, -0.2) is 0 Å². The zero-order valence-corrected chi connectivity index (χ0v) is 49.3. The van der Waals surface area contributed by atoms with Crippen molar-refractivity contribution >= 4 is 45.8 Å². The molecule has 0 saturated heterocycles. The Morgan fingerprint density at radius 1 is 0.658 bits per heavy atom. The van der Waals surface area contributed by atoms with Crippen LogP contribution in [0.3, 0.4) is 0 Å². The van der Waals surface area contributed by atoms with E-state index in [2.05, 4.69) is 145 Å². The zero-order valence-electron chi connectivity index (χ0n) is 49.3. The number of ketones is 1. The fourth-order valence-electron chi connectivity index (χ4n) is 13.9. The Kier molecular flexibility index (Phi) is 18.8. The molecule has 6 unspecified atom stereocenters. The summed E-state index contributed by atoms with van der Waals surface area (Å²) in [4.78, 5) is 53.5. The van der Waals surface area contributed by atoms with Crippen LogP contribution in [-0.2, 0) is 40.1 Å². The van der Waals surface area contributed by atoms with E-state index in [4.69, 9.17) is 4.99 Å². The smallest absolute Gasteiger partial charge is 0.227 e. The van der Waals surface area contributed by atoms with Crippen molar-refractivity contribution in [3.8, 4) is 0 Å². The number of hydrogen-bond acceptors (Lipinski definition) is 6. The Hall–Kier alpha value is -3.94. The molecule has 3 N–H and O–H groups in total. The Labute approximate surface area is 443 Å². The van der Waals surface area contributed by atoms with Crippen LogP contribution in [0.2, 0.25) is 0 Å². The number of aliphatic hydroxyl groups excluding tert-OH is 1. The molecule has 0 spiro atoms. The second kappa shape index (κ2) is 23.5. The lowest BCUT2D eigenvalue weighted by atomic mass is 9.75. The Morgan fingerprint density at radius 3 is 1.67 bits per heavy atom. The number of amides is 2. The second-order valence-corrected chi connectivity index (χ2v) is 28.9. The third kappa shape index (κ3) is 14.9. The van der Waals surface area contributed by atoms with E-state index in [1.165, 1.54) is 11.3 Å². The van der Waals surface area contributed by atoms with Crippen molar-refractivity contribution in [1.29, 1.82) is 0 Å². The molecule has 3 aliphatic heterocycles. The third-order valence-electron chi connectivity index (χ3n) is 16.4. The van der Waals surface area contributed by atoms with Crippen molar-refractivity contribution in [3.05, 3.63) is 56.3 Å². The average Bonchev–Trinajstić information content (AvgIpc) is 3.25. The molecule has 0 saturated carbocycles. The minimum absolute atomic E-state index is 0.00759. The van der Waals surface area contributed by atoms with Gasteiger partial charge in [-0.1, -0.05) is 124 Å². The predicted octanol–water partition coefficient (Wildman–Crippen LogP) is 15.0. The van der Waals surface area contributed by atoms with Gasteiger partial charge in [0.25, 0.3) is 0 Å². The number of allylic oxidation sites excluding steroid dienone is 2. The van der Waals surface area contributed by atoms with Crippen LogP contribution in [0.1, 0.15) is 229 Å². The SMILES string of the molecule is CCCCc1c(NC(=O)C(CCC(C)CC(C)(C)C)C(C)CC(C)(C)C)/c(=C2\C(=O)C(c3cc4c5c(c3NC(=O)C(CCC(C)CC(C)(C)C)C(C)CC(C)(C)C)CCCN5CCC4)=C2O)cc2c1=NCCC2. The van der Waals surface area contributed by atoms with Crippen molar-refractivity contribution in [2.45, 2.75) is 227 Å². The van der Waals surface area contributed by atoms with Crippen LogP contribution in [0.4, 0.5) is 17.1 Å². The zero-order chi connectivity index (χ0) is 54.0. The first-order valence-electron chi connectivity index (χ1n) is 29.2. The van der Waals surface area contributed by atoms with Crippen LogP contribution in [-0.4, -0.2) is 42.3 Å². The maximum absolute atomic E-state index is 15.5. The molecule has 2 amide bonds. The largest absolute Gasteiger partial charge is 0.506 e. The van der Waals surface area contributed by atoms with Crippen LogP contribution in [0, 0.1) is 57.2 Å².